The number of carbonyl (C=O) groups excluding carboxylic acids is 2. The molecule has 3 aromatic carbocycles. The molecule has 37 heavy (non-hydrogen) atoms. The maximum atomic E-state index is 13.7. The summed E-state index contributed by atoms with van der Waals surface area (Å²) in [7, 11) is 1.65. The number of nitrogens with one attached hydrogen (secondary N) is 1. The van der Waals surface area contributed by atoms with Gasteiger partial charge in [0.1, 0.15) is 11.8 Å². The minimum atomic E-state index is -0.589. The molecule has 0 saturated carbocycles. The molecular formula is C31H38N2O3S. The van der Waals surface area contributed by atoms with Crippen LogP contribution in [0.25, 0.3) is 0 Å². The van der Waals surface area contributed by atoms with Gasteiger partial charge in [0.15, 0.2) is 0 Å². The first kappa shape index (κ1) is 28.3. The molecule has 1 unspecified atom stereocenters. The second-order valence-corrected chi connectivity index (χ2v) is 10.2. The van der Waals surface area contributed by atoms with Crippen LogP contribution in [-0.4, -0.2) is 42.2 Å². The van der Waals surface area contributed by atoms with Gasteiger partial charge in [-0.25, -0.2) is 0 Å². The highest BCUT2D eigenvalue weighted by atomic mass is 32.2. The van der Waals surface area contributed by atoms with E-state index in [1.807, 2.05) is 79.7 Å². The fraction of sp³-hybridized carbons (Fsp3) is 0.355. The first-order valence-corrected chi connectivity index (χ1v) is 14.0. The van der Waals surface area contributed by atoms with Crippen LogP contribution in [0, 0.1) is 6.92 Å². The molecule has 0 saturated heterocycles. The number of benzene rings is 3. The Morgan fingerprint density at radius 1 is 0.946 bits per heavy atom. The van der Waals surface area contributed by atoms with Crippen LogP contribution in [0.15, 0.2) is 78.9 Å². The van der Waals surface area contributed by atoms with Crippen molar-refractivity contribution in [3.05, 3.63) is 101 Å². The Labute approximate surface area is 225 Å². The minimum Gasteiger partial charge on any atom is -0.497 e. The van der Waals surface area contributed by atoms with Gasteiger partial charge in [0, 0.05) is 25.3 Å². The molecule has 5 nitrogen and oxygen atoms in total. The number of hydrogen-bond donors (Lipinski definition) is 1. The normalized spacial score (nSPS) is 11.5. The summed E-state index contributed by atoms with van der Waals surface area (Å²) >= 11 is 1.56. The smallest absolute Gasteiger partial charge is 0.243 e. The fourth-order valence-electron chi connectivity index (χ4n) is 4.13. The van der Waals surface area contributed by atoms with Crippen LogP contribution in [0.1, 0.15) is 42.0 Å². The molecule has 0 bridgehead atoms. The first-order chi connectivity index (χ1) is 18.0. The average Bonchev–Trinajstić information content (AvgIpc) is 2.91. The van der Waals surface area contributed by atoms with E-state index < -0.39 is 6.04 Å². The van der Waals surface area contributed by atoms with Crippen molar-refractivity contribution in [2.75, 3.05) is 19.4 Å². The van der Waals surface area contributed by atoms with Crippen LogP contribution in [0.2, 0.25) is 0 Å². The fourth-order valence-corrected chi connectivity index (χ4v) is 5.00. The topological polar surface area (TPSA) is 58.6 Å². The number of methoxy groups -OCH3 is 1. The van der Waals surface area contributed by atoms with Crippen molar-refractivity contribution in [2.45, 2.75) is 51.4 Å². The predicted octanol–water partition coefficient (Wildman–Crippen LogP) is 5.79. The number of nitrogens with zero attached hydrogens (tertiary/aromatic N) is 1. The standard InChI is InChI=1S/C31H38N2O3S/c1-4-5-18-32-31(35)29(20-25-11-7-6-8-12-25)33(21-27-13-9-10-24(2)19-27)30(34)23-37-22-26-14-16-28(36-3)17-15-26/h6-17,19,29H,4-5,18,20-23H2,1-3H3,(H,32,35). The lowest BCUT2D eigenvalue weighted by Gasteiger charge is -2.31. The first-order valence-electron chi connectivity index (χ1n) is 12.9. The zero-order valence-electron chi connectivity index (χ0n) is 22.1. The zero-order chi connectivity index (χ0) is 26.5. The lowest BCUT2D eigenvalue weighted by atomic mass is 10.0. The monoisotopic (exact) mass is 518 g/mol. The molecule has 6 heteroatoms. The summed E-state index contributed by atoms with van der Waals surface area (Å²) in [5, 5.41) is 3.08. The van der Waals surface area contributed by atoms with Crippen molar-refractivity contribution in [1.82, 2.24) is 10.2 Å². The molecule has 0 aliphatic heterocycles. The van der Waals surface area contributed by atoms with Gasteiger partial charge < -0.3 is 15.0 Å². The maximum absolute atomic E-state index is 13.7. The van der Waals surface area contributed by atoms with Crippen molar-refractivity contribution in [1.29, 1.82) is 0 Å². The second-order valence-electron chi connectivity index (χ2n) is 9.20. The quantitative estimate of drug-likeness (QED) is 0.274. The molecule has 1 atom stereocenters. The van der Waals surface area contributed by atoms with E-state index in [0.717, 1.165) is 40.8 Å². The number of thioether (sulfide) groups is 1. The van der Waals surface area contributed by atoms with Crippen molar-refractivity contribution < 1.29 is 14.3 Å². The number of aryl methyl sites for hydroxylation is 1. The van der Waals surface area contributed by atoms with Gasteiger partial charge in [-0.3, -0.25) is 9.59 Å². The summed E-state index contributed by atoms with van der Waals surface area (Å²) in [6.45, 7) is 5.14. The maximum Gasteiger partial charge on any atom is 0.243 e. The molecule has 196 valence electrons. The Morgan fingerprint density at radius 2 is 1.68 bits per heavy atom. The minimum absolute atomic E-state index is 0.0356. The van der Waals surface area contributed by atoms with E-state index in [-0.39, 0.29) is 11.8 Å². The number of ether oxygens (including phenoxy) is 1. The van der Waals surface area contributed by atoms with Crippen LogP contribution in [0.3, 0.4) is 0 Å². The SMILES string of the molecule is CCCCNC(=O)C(Cc1ccccc1)N(Cc1cccc(C)c1)C(=O)CSCc1ccc(OC)cc1. The van der Waals surface area contributed by atoms with E-state index in [1.54, 1.807) is 23.8 Å². The Balaban J connectivity index is 1.81. The van der Waals surface area contributed by atoms with Crippen molar-refractivity contribution >= 4 is 23.6 Å². The predicted molar refractivity (Wildman–Crippen MR) is 153 cm³/mol. The van der Waals surface area contributed by atoms with E-state index in [4.69, 9.17) is 4.74 Å². The third-order valence-electron chi connectivity index (χ3n) is 6.19. The number of rotatable bonds is 14. The third kappa shape index (κ3) is 9.29. The molecule has 0 aliphatic rings. The Bertz CT molecular complexity index is 1120. The molecule has 1 N–H and O–H groups in total. The van der Waals surface area contributed by atoms with Gasteiger partial charge in [-0.15, -0.1) is 11.8 Å². The van der Waals surface area contributed by atoms with Gasteiger partial charge in [-0.05, 0) is 42.2 Å². The number of unbranched alkanes of at least 4 members (excludes halogenated alkanes) is 1. The van der Waals surface area contributed by atoms with Crippen LogP contribution >= 0.6 is 11.8 Å². The van der Waals surface area contributed by atoms with Gasteiger partial charge >= 0.3 is 0 Å². The van der Waals surface area contributed by atoms with E-state index in [2.05, 4.69) is 18.3 Å². The third-order valence-corrected chi connectivity index (χ3v) is 7.18. The van der Waals surface area contributed by atoms with Gasteiger partial charge in [-0.2, -0.15) is 0 Å². The van der Waals surface area contributed by atoms with Crippen LogP contribution in [0.4, 0.5) is 0 Å². The van der Waals surface area contributed by atoms with E-state index in [1.165, 1.54) is 0 Å². The zero-order valence-corrected chi connectivity index (χ0v) is 22.9. The van der Waals surface area contributed by atoms with Crippen molar-refractivity contribution in [3.8, 4) is 5.75 Å². The second kappa shape index (κ2) is 15.1. The molecule has 0 fully saturated rings. The van der Waals surface area contributed by atoms with E-state index in [9.17, 15) is 9.59 Å². The summed E-state index contributed by atoms with van der Waals surface area (Å²) in [5.41, 5.74) is 4.31. The van der Waals surface area contributed by atoms with Crippen molar-refractivity contribution in [3.63, 3.8) is 0 Å². The molecule has 0 aliphatic carbocycles. The van der Waals surface area contributed by atoms with Gasteiger partial charge in [0.25, 0.3) is 0 Å². The number of carbonyl (C=O) groups is 2. The molecule has 0 heterocycles. The summed E-state index contributed by atoms with van der Waals surface area (Å²) in [4.78, 5) is 28.9. The number of hydrogen-bond acceptors (Lipinski definition) is 4. The molecule has 3 rings (SSSR count). The Morgan fingerprint density at radius 3 is 2.35 bits per heavy atom. The lowest BCUT2D eigenvalue weighted by Crippen LogP contribution is -2.51. The van der Waals surface area contributed by atoms with E-state index >= 15 is 0 Å². The average molecular weight is 519 g/mol. The molecule has 0 aromatic heterocycles. The molecule has 0 radical (unpaired) electrons. The summed E-state index contributed by atoms with van der Waals surface area (Å²) in [5.74, 6) is 1.68. The largest absolute Gasteiger partial charge is 0.497 e. The van der Waals surface area contributed by atoms with E-state index in [0.29, 0.717) is 31.0 Å². The van der Waals surface area contributed by atoms with Crippen LogP contribution in [0.5, 0.6) is 5.75 Å². The van der Waals surface area contributed by atoms with Crippen molar-refractivity contribution in [2.24, 2.45) is 0 Å². The molecule has 0 spiro atoms. The Hall–Kier alpha value is -3.25. The Kier molecular flexibility index (Phi) is 11.6. The highest BCUT2D eigenvalue weighted by Gasteiger charge is 2.30. The van der Waals surface area contributed by atoms with Gasteiger partial charge in [0.05, 0.1) is 12.9 Å². The summed E-state index contributed by atoms with van der Waals surface area (Å²) in [6, 6.07) is 25.4. The van der Waals surface area contributed by atoms with Gasteiger partial charge in [-0.1, -0.05) is 85.6 Å². The summed E-state index contributed by atoms with van der Waals surface area (Å²) in [6.07, 6.45) is 2.38. The lowest BCUT2D eigenvalue weighted by molar-refractivity contribution is -0.139. The summed E-state index contributed by atoms with van der Waals surface area (Å²) < 4.78 is 5.24. The highest BCUT2D eigenvalue weighted by molar-refractivity contribution is 7.99. The molecule has 3 aromatic rings. The molecule has 2 amide bonds. The van der Waals surface area contributed by atoms with Crippen LogP contribution < -0.4 is 10.1 Å². The number of amides is 2. The van der Waals surface area contributed by atoms with Crippen LogP contribution in [-0.2, 0) is 28.3 Å². The van der Waals surface area contributed by atoms with Gasteiger partial charge in [0.2, 0.25) is 11.8 Å². The highest BCUT2D eigenvalue weighted by Crippen LogP contribution is 2.20. The molecular weight excluding hydrogens is 480 g/mol.